The van der Waals surface area contributed by atoms with Crippen molar-refractivity contribution in [3.63, 3.8) is 0 Å². The zero-order valence-corrected chi connectivity index (χ0v) is 25.1. The lowest BCUT2D eigenvalue weighted by atomic mass is 9.93. The summed E-state index contributed by atoms with van der Waals surface area (Å²) in [5.74, 6) is -0.429. The first-order chi connectivity index (χ1) is 21.4. The fourth-order valence-corrected chi connectivity index (χ4v) is 6.13. The van der Waals surface area contributed by atoms with E-state index in [1.165, 1.54) is 28.0 Å². The maximum absolute atomic E-state index is 14.1. The van der Waals surface area contributed by atoms with E-state index in [9.17, 15) is 14.0 Å². The molecule has 0 bridgehead atoms. The van der Waals surface area contributed by atoms with Crippen molar-refractivity contribution < 1.29 is 18.7 Å². The van der Waals surface area contributed by atoms with Crippen molar-refractivity contribution in [2.24, 2.45) is 4.99 Å². The number of benzene rings is 4. The Balaban J connectivity index is 1.51. The van der Waals surface area contributed by atoms with Crippen LogP contribution in [0, 0.1) is 5.82 Å². The minimum Gasteiger partial charge on any atom is -0.488 e. The summed E-state index contributed by atoms with van der Waals surface area (Å²) in [6.45, 7) is 2.17. The van der Waals surface area contributed by atoms with Gasteiger partial charge in [0.1, 0.15) is 18.2 Å². The lowest BCUT2D eigenvalue weighted by Gasteiger charge is -2.25. The Hall–Kier alpha value is -4.79. The molecular formula is C35H26ClFN2O4S. The first kappa shape index (κ1) is 29.3. The fraction of sp³-hybridized carbons (Fsp3) is 0.114. The number of carbonyl (C=O) groups is 1. The van der Waals surface area contributed by atoms with Crippen LogP contribution in [0.15, 0.2) is 118 Å². The van der Waals surface area contributed by atoms with Crippen LogP contribution in [0.4, 0.5) is 4.39 Å². The van der Waals surface area contributed by atoms with Crippen LogP contribution in [-0.2, 0) is 16.1 Å². The van der Waals surface area contributed by atoms with Crippen LogP contribution in [0.1, 0.15) is 35.2 Å². The lowest BCUT2D eigenvalue weighted by molar-refractivity contribution is -0.138. The summed E-state index contributed by atoms with van der Waals surface area (Å²) in [6.07, 6.45) is 1.76. The predicted molar refractivity (Wildman–Crippen MR) is 170 cm³/mol. The second-order valence-corrected chi connectivity index (χ2v) is 11.4. The highest BCUT2D eigenvalue weighted by molar-refractivity contribution is 7.07. The van der Waals surface area contributed by atoms with Gasteiger partial charge in [-0.1, -0.05) is 95.7 Å². The van der Waals surface area contributed by atoms with Gasteiger partial charge < -0.3 is 9.47 Å². The lowest BCUT2D eigenvalue weighted by Crippen LogP contribution is -2.40. The number of nitrogens with zero attached hydrogens (tertiary/aromatic N) is 2. The summed E-state index contributed by atoms with van der Waals surface area (Å²) in [5, 5.41) is 0.644. The molecule has 4 aromatic carbocycles. The van der Waals surface area contributed by atoms with Crippen LogP contribution in [0.3, 0.4) is 0 Å². The Kier molecular flexibility index (Phi) is 8.54. The van der Waals surface area contributed by atoms with Gasteiger partial charge >= 0.3 is 5.97 Å². The first-order valence-electron chi connectivity index (χ1n) is 13.9. The molecule has 0 unspecified atom stereocenters. The highest BCUT2D eigenvalue weighted by Crippen LogP contribution is 2.35. The molecule has 1 aromatic heterocycles. The molecule has 1 aliphatic heterocycles. The van der Waals surface area contributed by atoms with Crippen molar-refractivity contribution in [1.29, 1.82) is 0 Å². The predicted octanol–water partition coefficient (Wildman–Crippen LogP) is 6.31. The Morgan fingerprint density at radius 3 is 2.41 bits per heavy atom. The molecule has 0 saturated heterocycles. The number of carbonyl (C=O) groups excluding carboxylic acids is 1. The van der Waals surface area contributed by atoms with Crippen molar-refractivity contribution in [2.45, 2.75) is 19.6 Å². The number of halogens is 2. The number of rotatable bonds is 8. The van der Waals surface area contributed by atoms with Crippen molar-refractivity contribution in [1.82, 2.24) is 4.57 Å². The highest BCUT2D eigenvalue weighted by Gasteiger charge is 2.35. The van der Waals surface area contributed by atoms with Gasteiger partial charge in [0.25, 0.3) is 5.56 Å². The van der Waals surface area contributed by atoms with E-state index in [1.807, 2.05) is 66.7 Å². The van der Waals surface area contributed by atoms with Gasteiger partial charge in [0, 0.05) is 16.1 Å². The van der Waals surface area contributed by atoms with Gasteiger partial charge in [0.15, 0.2) is 4.80 Å². The Labute approximate surface area is 261 Å². The Morgan fingerprint density at radius 2 is 1.68 bits per heavy atom. The normalized spacial score (nSPS) is 14.6. The van der Waals surface area contributed by atoms with E-state index < -0.39 is 17.8 Å². The number of hydrogen-bond donors (Lipinski definition) is 0. The van der Waals surface area contributed by atoms with Crippen molar-refractivity contribution in [2.75, 3.05) is 6.61 Å². The minimum atomic E-state index is -0.889. The minimum absolute atomic E-state index is 0.137. The molecule has 5 aromatic rings. The molecule has 0 aliphatic carbocycles. The average Bonchev–Trinajstić information content (AvgIpc) is 3.35. The summed E-state index contributed by atoms with van der Waals surface area (Å²) in [5.41, 5.74) is 3.16. The van der Waals surface area contributed by atoms with E-state index >= 15 is 0 Å². The van der Waals surface area contributed by atoms with Gasteiger partial charge in [-0.15, -0.1) is 0 Å². The monoisotopic (exact) mass is 624 g/mol. The second-order valence-electron chi connectivity index (χ2n) is 9.94. The zero-order valence-electron chi connectivity index (χ0n) is 23.6. The standard InChI is InChI=1S/C35H26ClFN2O4S/c1-2-42-34(41)30-31(23-8-4-3-5-9-23)38-35-39(32(30)24-14-18-27(37)19-15-24)33(40)29(44-35)20-25-10-6-7-11-28(25)43-21-22-12-16-26(36)17-13-22/h3-20,32H,2,21H2,1H3/b29-20+/t32-/m1/s1. The maximum Gasteiger partial charge on any atom is 0.338 e. The zero-order chi connectivity index (χ0) is 30.6. The van der Waals surface area contributed by atoms with E-state index in [2.05, 4.69) is 0 Å². The molecule has 2 heterocycles. The molecule has 6 rings (SSSR count). The Morgan fingerprint density at radius 1 is 0.977 bits per heavy atom. The van der Waals surface area contributed by atoms with Crippen LogP contribution < -0.4 is 19.6 Å². The maximum atomic E-state index is 14.1. The summed E-state index contributed by atoms with van der Waals surface area (Å²) in [4.78, 5) is 32.9. The van der Waals surface area contributed by atoms with E-state index in [-0.39, 0.29) is 17.7 Å². The number of para-hydroxylation sites is 1. The number of hydrogen-bond acceptors (Lipinski definition) is 6. The highest BCUT2D eigenvalue weighted by atomic mass is 35.5. The molecule has 0 N–H and O–H groups in total. The Bertz CT molecular complexity index is 2040. The molecule has 1 aliphatic rings. The van der Waals surface area contributed by atoms with Crippen LogP contribution >= 0.6 is 22.9 Å². The van der Waals surface area contributed by atoms with Crippen LogP contribution in [-0.4, -0.2) is 17.1 Å². The van der Waals surface area contributed by atoms with Crippen LogP contribution in [0.5, 0.6) is 5.75 Å². The van der Waals surface area contributed by atoms with E-state index in [0.29, 0.717) is 49.1 Å². The third-order valence-corrected chi connectivity index (χ3v) is 8.31. The summed E-state index contributed by atoms with van der Waals surface area (Å²) < 4.78 is 27.5. The number of thiazole rings is 1. The summed E-state index contributed by atoms with van der Waals surface area (Å²) in [7, 11) is 0. The van der Waals surface area contributed by atoms with Gasteiger partial charge in [-0.25, -0.2) is 14.2 Å². The third-order valence-electron chi connectivity index (χ3n) is 7.07. The largest absolute Gasteiger partial charge is 0.488 e. The smallest absolute Gasteiger partial charge is 0.338 e. The summed E-state index contributed by atoms with van der Waals surface area (Å²) >= 11 is 7.22. The van der Waals surface area contributed by atoms with Crippen LogP contribution in [0.25, 0.3) is 11.8 Å². The molecule has 1 atom stereocenters. The molecule has 9 heteroatoms. The SMILES string of the molecule is CCOC(=O)C1=C(c2ccccc2)N=c2s/c(=C/c3ccccc3OCc3ccc(Cl)cc3)c(=O)n2[C@@H]1c1ccc(F)cc1. The molecule has 0 spiro atoms. The topological polar surface area (TPSA) is 69.9 Å². The van der Waals surface area contributed by atoms with Gasteiger partial charge in [0.05, 0.1) is 28.5 Å². The number of aromatic nitrogens is 1. The van der Waals surface area contributed by atoms with Crippen LogP contribution in [0.2, 0.25) is 5.02 Å². The number of fused-ring (bicyclic) bond motifs is 1. The van der Waals surface area contributed by atoms with Crippen molar-refractivity contribution in [3.8, 4) is 5.75 Å². The first-order valence-corrected chi connectivity index (χ1v) is 15.1. The van der Waals surface area contributed by atoms with E-state index in [4.69, 9.17) is 26.1 Å². The van der Waals surface area contributed by atoms with Gasteiger partial charge in [0.2, 0.25) is 0 Å². The molecule has 0 saturated carbocycles. The molecule has 0 amide bonds. The fourth-order valence-electron chi connectivity index (χ4n) is 5.02. The molecule has 0 radical (unpaired) electrons. The third kappa shape index (κ3) is 6.00. The van der Waals surface area contributed by atoms with Gasteiger partial charge in [-0.05, 0) is 54.5 Å². The van der Waals surface area contributed by atoms with Gasteiger partial charge in [-0.3, -0.25) is 9.36 Å². The number of ether oxygens (including phenoxy) is 2. The number of esters is 1. The molecule has 220 valence electrons. The average molecular weight is 625 g/mol. The molecule has 0 fully saturated rings. The van der Waals surface area contributed by atoms with E-state index in [1.54, 1.807) is 37.3 Å². The molecule has 44 heavy (non-hydrogen) atoms. The summed E-state index contributed by atoms with van der Waals surface area (Å²) in [6, 6.07) is 29.0. The molecule has 6 nitrogen and oxygen atoms in total. The van der Waals surface area contributed by atoms with E-state index in [0.717, 1.165) is 5.56 Å². The quantitative estimate of drug-likeness (QED) is 0.190. The second kappa shape index (κ2) is 12.8. The molecular weight excluding hydrogens is 599 g/mol. The van der Waals surface area contributed by atoms with Gasteiger partial charge in [-0.2, -0.15) is 0 Å². The van der Waals surface area contributed by atoms with Crippen molar-refractivity contribution in [3.05, 3.63) is 161 Å². The van der Waals surface area contributed by atoms with Crippen molar-refractivity contribution >= 4 is 40.7 Å².